The SMILES string of the molecule is O=CCc1cnc(C2CCC2)o1. The van der Waals surface area contributed by atoms with Crippen LogP contribution in [0.25, 0.3) is 0 Å². The average Bonchev–Trinajstić information content (AvgIpc) is 2.34. The molecule has 1 aromatic heterocycles. The van der Waals surface area contributed by atoms with Crippen molar-refractivity contribution in [1.82, 2.24) is 4.98 Å². The lowest BCUT2D eigenvalue weighted by atomic mass is 9.85. The molecule has 1 heterocycles. The Kier molecular flexibility index (Phi) is 1.94. The molecule has 1 saturated carbocycles. The highest BCUT2D eigenvalue weighted by Gasteiger charge is 2.23. The first-order valence-corrected chi connectivity index (χ1v) is 4.28. The van der Waals surface area contributed by atoms with Gasteiger partial charge in [-0.2, -0.15) is 0 Å². The summed E-state index contributed by atoms with van der Waals surface area (Å²) < 4.78 is 5.39. The summed E-state index contributed by atoms with van der Waals surface area (Å²) in [6, 6.07) is 0. The lowest BCUT2D eigenvalue weighted by Crippen LogP contribution is -2.08. The molecule has 3 nitrogen and oxygen atoms in total. The van der Waals surface area contributed by atoms with Crippen LogP contribution in [0.5, 0.6) is 0 Å². The maximum atomic E-state index is 10.1. The fourth-order valence-electron chi connectivity index (χ4n) is 1.34. The molecule has 2 rings (SSSR count). The third-order valence-corrected chi connectivity index (χ3v) is 2.31. The third kappa shape index (κ3) is 1.26. The van der Waals surface area contributed by atoms with Crippen molar-refractivity contribution in [3.05, 3.63) is 17.8 Å². The van der Waals surface area contributed by atoms with Crippen LogP contribution in [0.4, 0.5) is 0 Å². The van der Waals surface area contributed by atoms with Gasteiger partial charge in [0.1, 0.15) is 12.0 Å². The van der Waals surface area contributed by atoms with E-state index < -0.39 is 0 Å². The molecule has 1 aliphatic carbocycles. The van der Waals surface area contributed by atoms with Gasteiger partial charge in [-0.1, -0.05) is 6.42 Å². The Morgan fingerprint density at radius 3 is 3.08 bits per heavy atom. The molecule has 0 amide bonds. The van der Waals surface area contributed by atoms with Gasteiger partial charge in [-0.25, -0.2) is 4.98 Å². The lowest BCUT2D eigenvalue weighted by Gasteiger charge is -2.21. The summed E-state index contributed by atoms with van der Waals surface area (Å²) >= 11 is 0. The summed E-state index contributed by atoms with van der Waals surface area (Å²) in [4.78, 5) is 14.3. The summed E-state index contributed by atoms with van der Waals surface area (Å²) in [7, 11) is 0. The van der Waals surface area contributed by atoms with Crippen LogP contribution in [0.2, 0.25) is 0 Å². The van der Waals surface area contributed by atoms with Crippen LogP contribution in [-0.2, 0) is 11.2 Å². The first-order valence-electron chi connectivity index (χ1n) is 4.28. The van der Waals surface area contributed by atoms with Crippen LogP contribution in [0.15, 0.2) is 10.6 Å². The fraction of sp³-hybridized carbons (Fsp3) is 0.556. The van der Waals surface area contributed by atoms with Crippen LogP contribution in [0.3, 0.4) is 0 Å². The van der Waals surface area contributed by atoms with Crippen molar-refractivity contribution in [1.29, 1.82) is 0 Å². The van der Waals surface area contributed by atoms with E-state index in [0.717, 1.165) is 12.2 Å². The van der Waals surface area contributed by atoms with Crippen molar-refractivity contribution in [3.63, 3.8) is 0 Å². The minimum absolute atomic E-state index is 0.347. The highest BCUT2D eigenvalue weighted by Crippen LogP contribution is 2.35. The molecule has 0 unspecified atom stereocenters. The van der Waals surface area contributed by atoms with E-state index in [-0.39, 0.29) is 0 Å². The summed E-state index contributed by atoms with van der Waals surface area (Å²) in [5, 5.41) is 0. The number of carbonyl (C=O) groups is 1. The Hall–Kier alpha value is -1.12. The van der Waals surface area contributed by atoms with Gasteiger partial charge in [0, 0.05) is 5.92 Å². The summed E-state index contributed by atoms with van der Waals surface area (Å²) in [5.41, 5.74) is 0. The van der Waals surface area contributed by atoms with Crippen LogP contribution >= 0.6 is 0 Å². The minimum Gasteiger partial charge on any atom is -0.445 e. The quantitative estimate of drug-likeness (QED) is 0.640. The molecule has 0 aromatic carbocycles. The zero-order valence-corrected chi connectivity index (χ0v) is 6.82. The molecule has 0 spiro atoms. The average molecular weight is 165 g/mol. The molecule has 0 bridgehead atoms. The van der Waals surface area contributed by atoms with Gasteiger partial charge < -0.3 is 9.21 Å². The second-order valence-electron chi connectivity index (χ2n) is 3.16. The van der Waals surface area contributed by atoms with Crippen molar-refractivity contribution < 1.29 is 9.21 Å². The van der Waals surface area contributed by atoms with Crippen molar-refractivity contribution in [2.24, 2.45) is 0 Å². The Morgan fingerprint density at radius 2 is 2.50 bits per heavy atom. The standard InChI is InChI=1S/C9H11NO2/c11-5-4-8-6-10-9(12-8)7-2-1-3-7/h5-7H,1-4H2. The molecule has 3 heteroatoms. The maximum absolute atomic E-state index is 10.1. The van der Waals surface area contributed by atoms with Gasteiger partial charge >= 0.3 is 0 Å². The largest absolute Gasteiger partial charge is 0.445 e. The van der Waals surface area contributed by atoms with Gasteiger partial charge in [0.2, 0.25) is 0 Å². The summed E-state index contributed by atoms with van der Waals surface area (Å²) in [6.07, 6.45) is 6.48. The van der Waals surface area contributed by atoms with E-state index in [2.05, 4.69) is 4.98 Å². The van der Waals surface area contributed by atoms with E-state index in [0.29, 0.717) is 18.1 Å². The molecule has 1 aliphatic rings. The topological polar surface area (TPSA) is 43.1 Å². The van der Waals surface area contributed by atoms with Crippen LogP contribution < -0.4 is 0 Å². The van der Waals surface area contributed by atoms with Crippen LogP contribution in [0.1, 0.15) is 36.8 Å². The molecule has 1 fully saturated rings. The normalized spacial score (nSPS) is 17.3. The molecular weight excluding hydrogens is 154 g/mol. The molecule has 0 aliphatic heterocycles. The number of oxazole rings is 1. The van der Waals surface area contributed by atoms with Crippen molar-refractivity contribution in [3.8, 4) is 0 Å². The van der Waals surface area contributed by atoms with E-state index in [4.69, 9.17) is 4.42 Å². The number of aldehydes is 1. The molecule has 1 aromatic rings. The van der Waals surface area contributed by atoms with E-state index in [1.807, 2.05) is 0 Å². The van der Waals surface area contributed by atoms with Gasteiger partial charge in [0.25, 0.3) is 0 Å². The number of rotatable bonds is 3. The van der Waals surface area contributed by atoms with Gasteiger partial charge in [-0.15, -0.1) is 0 Å². The predicted octanol–water partition coefficient (Wildman–Crippen LogP) is 1.68. The number of hydrogen-bond acceptors (Lipinski definition) is 3. The van der Waals surface area contributed by atoms with Crippen molar-refractivity contribution in [2.75, 3.05) is 0 Å². The fourth-order valence-corrected chi connectivity index (χ4v) is 1.34. The Labute approximate surface area is 70.8 Å². The third-order valence-electron chi connectivity index (χ3n) is 2.31. The van der Waals surface area contributed by atoms with Crippen molar-refractivity contribution >= 4 is 6.29 Å². The van der Waals surface area contributed by atoms with E-state index in [9.17, 15) is 4.79 Å². The van der Waals surface area contributed by atoms with Gasteiger partial charge in [-0.05, 0) is 12.8 Å². The Bertz CT molecular complexity index is 276. The lowest BCUT2D eigenvalue weighted by molar-refractivity contribution is -0.107. The first-order chi connectivity index (χ1) is 5.90. The first kappa shape index (κ1) is 7.53. The number of nitrogens with zero attached hydrogens (tertiary/aromatic N) is 1. The second kappa shape index (κ2) is 3.09. The molecule has 0 atom stereocenters. The maximum Gasteiger partial charge on any atom is 0.197 e. The predicted molar refractivity (Wildman–Crippen MR) is 42.9 cm³/mol. The highest BCUT2D eigenvalue weighted by molar-refractivity contribution is 5.52. The van der Waals surface area contributed by atoms with Gasteiger partial charge in [0.15, 0.2) is 5.89 Å². The monoisotopic (exact) mass is 165 g/mol. The molecule has 0 saturated heterocycles. The smallest absolute Gasteiger partial charge is 0.197 e. The van der Waals surface area contributed by atoms with E-state index >= 15 is 0 Å². The molecule has 64 valence electrons. The van der Waals surface area contributed by atoms with Crippen molar-refractivity contribution in [2.45, 2.75) is 31.6 Å². The Morgan fingerprint density at radius 1 is 1.67 bits per heavy atom. The highest BCUT2D eigenvalue weighted by atomic mass is 16.4. The summed E-state index contributed by atoms with van der Waals surface area (Å²) in [5.74, 6) is 2.02. The van der Waals surface area contributed by atoms with E-state index in [1.165, 1.54) is 19.3 Å². The second-order valence-corrected chi connectivity index (χ2v) is 3.16. The summed E-state index contributed by atoms with van der Waals surface area (Å²) in [6.45, 7) is 0. The zero-order chi connectivity index (χ0) is 8.39. The zero-order valence-electron chi connectivity index (χ0n) is 6.82. The van der Waals surface area contributed by atoms with Crippen LogP contribution in [-0.4, -0.2) is 11.3 Å². The Balaban J connectivity index is 2.07. The molecule has 0 N–H and O–H groups in total. The minimum atomic E-state index is 0.347. The van der Waals surface area contributed by atoms with Gasteiger partial charge in [0.05, 0.1) is 12.6 Å². The van der Waals surface area contributed by atoms with Crippen LogP contribution in [0, 0.1) is 0 Å². The number of aromatic nitrogens is 1. The van der Waals surface area contributed by atoms with E-state index in [1.54, 1.807) is 6.20 Å². The molecule has 12 heavy (non-hydrogen) atoms. The number of carbonyl (C=O) groups excluding carboxylic acids is 1. The molecular formula is C9H11NO2. The van der Waals surface area contributed by atoms with Gasteiger partial charge in [-0.3, -0.25) is 0 Å². The molecule has 0 radical (unpaired) electrons. The number of hydrogen-bond donors (Lipinski definition) is 0.